The number of nitrogens with zero attached hydrogens (tertiary/aromatic N) is 3. The fourth-order valence-electron chi connectivity index (χ4n) is 2.62. The summed E-state index contributed by atoms with van der Waals surface area (Å²) in [5, 5.41) is 3.90. The van der Waals surface area contributed by atoms with Crippen LogP contribution in [0.1, 0.15) is 30.3 Å². The molecule has 0 aliphatic carbocycles. The summed E-state index contributed by atoms with van der Waals surface area (Å²) >= 11 is 0. The summed E-state index contributed by atoms with van der Waals surface area (Å²) in [5.41, 5.74) is 7.37. The average Bonchev–Trinajstić information content (AvgIpc) is 3.12. The summed E-state index contributed by atoms with van der Waals surface area (Å²) < 4.78 is 19.0. The summed E-state index contributed by atoms with van der Waals surface area (Å²) in [6.45, 7) is 4.71. The highest BCUT2D eigenvalue weighted by Crippen LogP contribution is 2.23. The van der Waals surface area contributed by atoms with Crippen LogP contribution in [-0.2, 0) is 0 Å². The van der Waals surface area contributed by atoms with Crippen molar-refractivity contribution in [3.63, 3.8) is 0 Å². The number of aryl methyl sites for hydroxylation is 1. The molecule has 1 aliphatic heterocycles. The van der Waals surface area contributed by atoms with Crippen LogP contribution in [-0.4, -0.2) is 34.7 Å². The number of nitrogens with two attached hydrogens (primary N) is 1. The van der Waals surface area contributed by atoms with Gasteiger partial charge in [0, 0.05) is 6.54 Å². The standard InChI is InChI=1S/C15H19FN4O/c1-10-4-5-12(16)11(8-10)15-18-14(19-21-15)13(17)9-20-6-2-3-7-20/h4-5,8,13H,2-3,6-7,9,17H2,1H3. The van der Waals surface area contributed by atoms with E-state index in [-0.39, 0.29) is 17.7 Å². The van der Waals surface area contributed by atoms with Gasteiger partial charge in [-0.1, -0.05) is 16.8 Å². The Kier molecular flexibility index (Phi) is 3.98. The molecule has 0 amide bonds. The molecule has 2 aromatic rings. The van der Waals surface area contributed by atoms with Crippen LogP contribution in [0.5, 0.6) is 0 Å². The molecular formula is C15H19FN4O. The van der Waals surface area contributed by atoms with Crippen molar-refractivity contribution in [2.45, 2.75) is 25.8 Å². The Morgan fingerprint density at radius 1 is 1.38 bits per heavy atom. The topological polar surface area (TPSA) is 68.2 Å². The molecule has 6 heteroatoms. The summed E-state index contributed by atoms with van der Waals surface area (Å²) in [5.74, 6) is 0.241. The molecule has 1 saturated heterocycles. The summed E-state index contributed by atoms with van der Waals surface area (Å²) in [7, 11) is 0. The fraction of sp³-hybridized carbons (Fsp3) is 0.467. The molecule has 1 unspecified atom stereocenters. The van der Waals surface area contributed by atoms with E-state index >= 15 is 0 Å². The van der Waals surface area contributed by atoms with Crippen LogP contribution in [0.2, 0.25) is 0 Å². The van der Waals surface area contributed by atoms with Crippen molar-refractivity contribution < 1.29 is 8.91 Å². The Balaban J connectivity index is 1.77. The van der Waals surface area contributed by atoms with Crippen molar-refractivity contribution in [1.82, 2.24) is 15.0 Å². The highest BCUT2D eigenvalue weighted by Gasteiger charge is 2.21. The van der Waals surface area contributed by atoms with Gasteiger partial charge in [0.25, 0.3) is 5.89 Å². The normalized spacial score (nSPS) is 17.3. The van der Waals surface area contributed by atoms with Crippen molar-refractivity contribution in [3.8, 4) is 11.5 Å². The molecule has 112 valence electrons. The number of aromatic nitrogens is 2. The molecule has 21 heavy (non-hydrogen) atoms. The first-order valence-corrected chi connectivity index (χ1v) is 7.21. The van der Waals surface area contributed by atoms with E-state index < -0.39 is 0 Å². The minimum atomic E-state index is -0.371. The molecule has 0 spiro atoms. The largest absolute Gasteiger partial charge is 0.334 e. The Hall–Kier alpha value is -1.79. The van der Waals surface area contributed by atoms with Crippen LogP contribution in [0.4, 0.5) is 4.39 Å². The quantitative estimate of drug-likeness (QED) is 0.935. The summed E-state index contributed by atoms with van der Waals surface area (Å²) in [4.78, 5) is 6.54. The predicted octanol–water partition coefficient (Wildman–Crippen LogP) is 2.28. The number of halogens is 1. The SMILES string of the molecule is Cc1ccc(F)c(-c2nc(C(N)CN3CCCC3)no2)c1. The Morgan fingerprint density at radius 3 is 2.90 bits per heavy atom. The van der Waals surface area contributed by atoms with E-state index in [1.165, 1.54) is 18.9 Å². The zero-order valence-electron chi connectivity index (χ0n) is 12.1. The minimum Gasteiger partial charge on any atom is -0.334 e. The molecule has 1 aliphatic rings. The van der Waals surface area contributed by atoms with E-state index in [4.69, 9.17) is 10.3 Å². The second kappa shape index (κ2) is 5.91. The van der Waals surface area contributed by atoms with E-state index in [9.17, 15) is 4.39 Å². The average molecular weight is 290 g/mol. The van der Waals surface area contributed by atoms with Crippen molar-refractivity contribution in [2.24, 2.45) is 5.73 Å². The van der Waals surface area contributed by atoms with E-state index in [1.807, 2.05) is 6.92 Å². The Bertz CT molecular complexity index is 622. The van der Waals surface area contributed by atoms with Gasteiger partial charge in [-0.25, -0.2) is 4.39 Å². The van der Waals surface area contributed by atoms with Crippen molar-refractivity contribution >= 4 is 0 Å². The summed E-state index contributed by atoms with van der Waals surface area (Å²) in [6.07, 6.45) is 2.41. The second-order valence-electron chi connectivity index (χ2n) is 5.56. The van der Waals surface area contributed by atoms with Gasteiger partial charge in [-0.2, -0.15) is 4.98 Å². The molecule has 2 heterocycles. The molecule has 1 aromatic heterocycles. The fourth-order valence-corrected chi connectivity index (χ4v) is 2.62. The van der Waals surface area contributed by atoms with Crippen LogP contribution in [0.15, 0.2) is 22.7 Å². The molecule has 0 radical (unpaired) electrons. The van der Waals surface area contributed by atoms with Gasteiger partial charge in [0.2, 0.25) is 0 Å². The van der Waals surface area contributed by atoms with Gasteiger partial charge in [0.1, 0.15) is 5.82 Å². The summed E-state index contributed by atoms with van der Waals surface area (Å²) in [6, 6.07) is 4.49. The number of rotatable bonds is 4. The maximum absolute atomic E-state index is 13.8. The van der Waals surface area contributed by atoms with Crippen LogP contribution in [0.3, 0.4) is 0 Å². The van der Waals surface area contributed by atoms with Gasteiger partial charge in [-0.05, 0) is 45.0 Å². The van der Waals surface area contributed by atoms with Crippen LogP contribution in [0.25, 0.3) is 11.5 Å². The molecule has 2 N–H and O–H groups in total. The first kappa shape index (κ1) is 14.2. The predicted molar refractivity (Wildman–Crippen MR) is 77.0 cm³/mol. The molecule has 0 saturated carbocycles. The number of likely N-dealkylation sites (tertiary alicyclic amines) is 1. The van der Waals surface area contributed by atoms with Crippen LogP contribution >= 0.6 is 0 Å². The van der Waals surface area contributed by atoms with Crippen LogP contribution < -0.4 is 5.73 Å². The maximum atomic E-state index is 13.8. The van der Waals surface area contributed by atoms with Gasteiger partial charge in [0.05, 0.1) is 11.6 Å². The van der Waals surface area contributed by atoms with E-state index in [0.717, 1.165) is 18.7 Å². The van der Waals surface area contributed by atoms with Crippen LogP contribution in [0, 0.1) is 12.7 Å². The van der Waals surface area contributed by atoms with Gasteiger partial charge in [0.15, 0.2) is 5.82 Å². The molecule has 1 atom stereocenters. The molecule has 5 nitrogen and oxygen atoms in total. The number of hydrogen-bond donors (Lipinski definition) is 1. The van der Waals surface area contributed by atoms with Crippen molar-refractivity contribution in [2.75, 3.05) is 19.6 Å². The van der Waals surface area contributed by atoms with Crippen molar-refractivity contribution in [1.29, 1.82) is 0 Å². The van der Waals surface area contributed by atoms with E-state index in [1.54, 1.807) is 12.1 Å². The van der Waals surface area contributed by atoms with Gasteiger partial charge < -0.3 is 15.2 Å². The van der Waals surface area contributed by atoms with E-state index in [2.05, 4.69) is 15.0 Å². The first-order valence-electron chi connectivity index (χ1n) is 7.21. The lowest BCUT2D eigenvalue weighted by Gasteiger charge is -2.17. The minimum absolute atomic E-state index is 0.183. The zero-order valence-corrected chi connectivity index (χ0v) is 12.1. The Labute approximate surface area is 122 Å². The smallest absolute Gasteiger partial charge is 0.260 e. The third-order valence-electron chi connectivity index (χ3n) is 3.78. The zero-order chi connectivity index (χ0) is 14.8. The highest BCUT2D eigenvalue weighted by molar-refractivity contribution is 5.55. The molecule has 3 rings (SSSR count). The van der Waals surface area contributed by atoms with Gasteiger partial charge in [-0.3, -0.25) is 0 Å². The first-order chi connectivity index (χ1) is 10.1. The van der Waals surface area contributed by atoms with Crippen molar-refractivity contribution in [3.05, 3.63) is 35.4 Å². The van der Waals surface area contributed by atoms with Gasteiger partial charge >= 0.3 is 0 Å². The number of hydrogen-bond acceptors (Lipinski definition) is 5. The maximum Gasteiger partial charge on any atom is 0.260 e. The third-order valence-corrected chi connectivity index (χ3v) is 3.78. The lowest BCUT2D eigenvalue weighted by molar-refractivity contribution is 0.306. The molecule has 0 bridgehead atoms. The van der Waals surface area contributed by atoms with Gasteiger partial charge in [-0.15, -0.1) is 0 Å². The second-order valence-corrected chi connectivity index (χ2v) is 5.56. The lowest BCUT2D eigenvalue weighted by Crippen LogP contribution is -2.30. The Morgan fingerprint density at radius 2 is 2.14 bits per heavy atom. The monoisotopic (exact) mass is 290 g/mol. The highest BCUT2D eigenvalue weighted by atomic mass is 19.1. The number of benzene rings is 1. The molecule has 1 aromatic carbocycles. The lowest BCUT2D eigenvalue weighted by atomic mass is 10.1. The third kappa shape index (κ3) is 3.11. The molecular weight excluding hydrogens is 271 g/mol. The molecule has 1 fully saturated rings. The van der Waals surface area contributed by atoms with E-state index in [0.29, 0.717) is 17.9 Å².